The summed E-state index contributed by atoms with van der Waals surface area (Å²) in [5, 5.41) is 10.7. The van der Waals surface area contributed by atoms with E-state index in [4.69, 9.17) is 9.47 Å². The maximum atomic E-state index is 12.6. The molecule has 0 radical (unpaired) electrons. The first kappa shape index (κ1) is 11.9. The fraction of sp³-hybridized carbons (Fsp3) is 0.800. The standard InChI is InChI=1S/C15H20O4/c1-7-11-8(4-5-18-11)12-10-13(17)14(2,3)6-9(16)15(7,10)19-12/h7,10,12-13,17H,4-6H2,1-3H3. The van der Waals surface area contributed by atoms with Crippen LogP contribution in [-0.4, -0.2) is 35.3 Å². The smallest absolute Gasteiger partial charge is 0.166 e. The van der Waals surface area contributed by atoms with Gasteiger partial charge in [-0.2, -0.15) is 0 Å². The van der Waals surface area contributed by atoms with Gasteiger partial charge in [0, 0.05) is 18.4 Å². The van der Waals surface area contributed by atoms with Crippen LogP contribution in [0.25, 0.3) is 0 Å². The molecule has 2 fully saturated rings. The molecule has 2 bridgehead atoms. The fourth-order valence-electron chi connectivity index (χ4n) is 4.60. The highest BCUT2D eigenvalue weighted by Crippen LogP contribution is 2.63. The maximum absolute atomic E-state index is 12.6. The van der Waals surface area contributed by atoms with E-state index in [0.717, 1.165) is 12.2 Å². The van der Waals surface area contributed by atoms with Crippen LogP contribution in [0.4, 0.5) is 0 Å². The van der Waals surface area contributed by atoms with Crippen LogP contribution in [0.3, 0.4) is 0 Å². The molecule has 0 amide bonds. The van der Waals surface area contributed by atoms with E-state index in [9.17, 15) is 9.90 Å². The van der Waals surface area contributed by atoms with Gasteiger partial charge in [0.2, 0.25) is 0 Å². The number of ether oxygens (including phenoxy) is 2. The van der Waals surface area contributed by atoms with E-state index in [0.29, 0.717) is 13.0 Å². The molecule has 2 aliphatic carbocycles. The molecule has 19 heavy (non-hydrogen) atoms. The topological polar surface area (TPSA) is 55.8 Å². The van der Waals surface area contributed by atoms with Gasteiger partial charge < -0.3 is 14.6 Å². The first-order chi connectivity index (χ1) is 8.89. The number of aliphatic hydroxyl groups is 1. The van der Waals surface area contributed by atoms with Gasteiger partial charge in [-0.15, -0.1) is 0 Å². The second-order valence-electron chi connectivity index (χ2n) is 7.10. The third-order valence-electron chi connectivity index (χ3n) is 5.66. The molecule has 104 valence electrons. The second kappa shape index (κ2) is 3.23. The molecule has 5 atom stereocenters. The van der Waals surface area contributed by atoms with Crippen molar-refractivity contribution >= 4 is 5.78 Å². The molecule has 1 N–H and O–H groups in total. The molecule has 1 spiro atoms. The van der Waals surface area contributed by atoms with Crippen molar-refractivity contribution in [2.24, 2.45) is 17.3 Å². The summed E-state index contributed by atoms with van der Waals surface area (Å²) in [6.45, 7) is 6.64. The van der Waals surface area contributed by atoms with Crippen LogP contribution in [-0.2, 0) is 14.3 Å². The van der Waals surface area contributed by atoms with Crippen LogP contribution in [0.1, 0.15) is 33.6 Å². The molecule has 0 aromatic carbocycles. The van der Waals surface area contributed by atoms with Gasteiger partial charge >= 0.3 is 0 Å². The Balaban J connectivity index is 1.85. The van der Waals surface area contributed by atoms with Crippen molar-refractivity contribution in [3.05, 3.63) is 11.3 Å². The van der Waals surface area contributed by atoms with Crippen LogP contribution >= 0.6 is 0 Å². The molecule has 4 nitrogen and oxygen atoms in total. The molecule has 5 aliphatic rings. The molecule has 1 saturated carbocycles. The van der Waals surface area contributed by atoms with Crippen LogP contribution in [0.2, 0.25) is 0 Å². The third-order valence-corrected chi connectivity index (χ3v) is 5.66. The minimum Gasteiger partial charge on any atom is -0.497 e. The molecule has 0 aromatic rings. The molecule has 3 aliphatic heterocycles. The van der Waals surface area contributed by atoms with E-state index < -0.39 is 11.7 Å². The fourth-order valence-corrected chi connectivity index (χ4v) is 4.60. The monoisotopic (exact) mass is 264 g/mol. The first-order valence-corrected chi connectivity index (χ1v) is 7.14. The zero-order chi connectivity index (χ0) is 13.6. The summed E-state index contributed by atoms with van der Waals surface area (Å²) in [6, 6.07) is 0. The highest BCUT2D eigenvalue weighted by Gasteiger charge is 2.74. The van der Waals surface area contributed by atoms with Crippen LogP contribution in [0.5, 0.6) is 0 Å². The van der Waals surface area contributed by atoms with Crippen molar-refractivity contribution in [2.75, 3.05) is 6.61 Å². The number of carbonyl (C=O) groups is 1. The second-order valence-corrected chi connectivity index (χ2v) is 7.10. The summed E-state index contributed by atoms with van der Waals surface area (Å²) >= 11 is 0. The minimum absolute atomic E-state index is 0.0572. The molecule has 5 rings (SSSR count). The molecule has 4 heteroatoms. The lowest BCUT2D eigenvalue weighted by atomic mass is 9.50. The predicted octanol–water partition coefficient (Wildman–Crippen LogP) is 1.42. The van der Waals surface area contributed by atoms with Gasteiger partial charge in [-0.05, 0) is 5.41 Å². The largest absolute Gasteiger partial charge is 0.497 e. The molecule has 0 aromatic heterocycles. The van der Waals surface area contributed by atoms with Gasteiger partial charge in [0.1, 0.15) is 11.4 Å². The number of hydrogen-bond acceptors (Lipinski definition) is 4. The van der Waals surface area contributed by atoms with E-state index in [1.54, 1.807) is 0 Å². The van der Waals surface area contributed by atoms with Crippen molar-refractivity contribution < 1.29 is 19.4 Å². The van der Waals surface area contributed by atoms with Crippen molar-refractivity contribution in [3.8, 4) is 0 Å². The summed E-state index contributed by atoms with van der Waals surface area (Å²) in [7, 11) is 0. The highest BCUT2D eigenvalue weighted by molar-refractivity contribution is 5.92. The lowest BCUT2D eigenvalue weighted by molar-refractivity contribution is -0.309. The van der Waals surface area contributed by atoms with Gasteiger partial charge in [0.25, 0.3) is 0 Å². The Morgan fingerprint density at radius 3 is 2.84 bits per heavy atom. The SMILES string of the molecule is CC1C2=C(CCO2)C2OC13C(=O)CC(C)(C)C(O)C23. The van der Waals surface area contributed by atoms with Gasteiger partial charge in [0.05, 0.1) is 30.7 Å². The summed E-state index contributed by atoms with van der Waals surface area (Å²) in [4.78, 5) is 12.6. The Morgan fingerprint density at radius 2 is 2.11 bits per heavy atom. The normalized spacial score (nSPS) is 50.2. The molecule has 3 heterocycles. The van der Waals surface area contributed by atoms with Gasteiger partial charge in [0.15, 0.2) is 5.78 Å². The summed E-state index contributed by atoms with van der Waals surface area (Å²) < 4.78 is 11.7. The molecular weight excluding hydrogens is 244 g/mol. The number of Topliss-reactive ketones (excluding diaryl/α,β-unsaturated/α-hetero) is 1. The number of hydrogen-bond donors (Lipinski definition) is 1. The molecular formula is C15H20O4. The quantitative estimate of drug-likeness (QED) is 0.719. The first-order valence-electron chi connectivity index (χ1n) is 7.14. The summed E-state index contributed by atoms with van der Waals surface area (Å²) in [6.07, 6.45) is 0.663. The number of carbonyl (C=O) groups excluding carboxylic acids is 1. The highest BCUT2D eigenvalue weighted by atomic mass is 16.6. The lowest BCUT2D eigenvalue weighted by Crippen LogP contribution is -2.78. The molecule has 1 saturated heterocycles. The van der Waals surface area contributed by atoms with Crippen molar-refractivity contribution in [3.63, 3.8) is 0 Å². The number of ketones is 1. The van der Waals surface area contributed by atoms with Crippen molar-refractivity contribution in [1.82, 2.24) is 0 Å². The van der Waals surface area contributed by atoms with Gasteiger partial charge in [-0.1, -0.05) is 20.8 Å². The van der Waals surface area contributed by atoms with Crippen molar-refractivity contribution in [1.29, 1.82) is 0 Å². The van der Waals surface area contributed by atoms with Crippen LogP contribution in [0.15, 0.2) is 11.3 Å². The predicted molar refractivity (Wildman–Crippen MR) is 67.3 cm³/mol. The van der Waals surface area contributed by atoms with Crippen LogP contribution < -0.4 is 0 Å². The maximum Gasteiger partial charge on any atom is 0.166 e. The Hall–Kier alpha value is -0.870. The number of aliphatic hydroxyl groups excluding tert-OH is 1. The van der Waals surface area contributed by atoms with E-state index in [-0.39, 0.29) is 29.1 Å². The average Bonchev–Trinajstić information content (AvgIpc) is 2.75. The minimum atomic E-state index is -0.817. The van der Waals surface area contributed by atoms with Crippen molar-refractivity contribution in [2.45, 2.75) is 51.4 Å². The average molecular weight is 264 g/mol. The molecule has 5 unspecified atom stereocenters. The summed E-state index contributed by atoms with van der Waals surface area (Å²) in [5.74, 6) is 0.962. The zero-order valence-corrected chi connectivity index (χ0v) is 11.6. The van der Waals surface area contributed by atoms with E-state index in [2.05, 4.69) is 0 Å². The van der Waals surface area contributed by atoms with Gasteiger partial charge in [-0.3, -0.25) is 4.79 Å². The lowest BCUT2D eigenvalue weighted by Gasteiger charge is -2.65. The summed E-state index contributed by atoms with van der Waals surface area (Å²) in [5.41, 5.74) is 0.0109. The Morgan fingerprint density at radius 1 is 1.37 bits per heavy atom. The van der Waals surface area contributed by atoms with E-state index in [1.807, 2.05) is 20.8 Å². The Kier molecular flexibility index (Phi) is 2.03. The zero-order valence-electron chi connectivity index (χ0n) is 11.6. The Bertz CT molecular complexity index is 506. The number of rotatable bonds is 0. The third kappa shape index (κ3) is 1.12. The van der Waals surface area contributed by atoms with E-state index >= 15 is 0 Å². The van der Waals surface area contributed by atoms with E-state index in [1.165, 1.54) is 5.57 Å². The van der Waals surface area contributed by atoms with Gasteiger partial charge in [-0.25, -0.2) is 0 Å². The van der Waals surface area contributed by atoms with Crippen LogP contribution in [0, 0.1) is 17.3 Å². The Labute approximate surface area is 112 Å².